The third kappa shape index (κ3) is 7.19. The number of piperazine rings is 1. The summed E-state index contributed by atoms with van der Waals surface area (Å²) in [6.45, 7) is 4.73. The number of para-hydroxylation sites is 1. The first-order valence-corrected chi connectivity index (χ1v) is 8.83. The molecule has 0 aliphatic carbocycles. The lowest BCUT2D eigenvalue weighted by Gasteiger charge is -2.36. The zero-order valence-electron chi connectivity index (χ0n) is 15.9. The highest BCUT2D eigenvalue weighted by molar-refractivity contribution is 5.86. The second-order valence-electron chi connectivity index (χ2n) is 6.92. The topological polar surface area (TPSA) is 38.8 Å². The van der Waals surface area contributed by atoms with Crippen molar-refractivity contribution in [2.75, 3.05) is 57.8 Å². The van der Waals surface area contributed by atoms with Crippen LogP contribution in [0.4, 0.5) is 14.5 Å². The van der Waals surface area contributed by atoms with Crippen molar-refractivity contribution in [3.05, 3.63) is 30.3 Å². The number of benzene rings is 1. The van der Waals surface area contributed by atoms with Gasteiger partial charge in [0.2, 0.25) is 5.91 Å². The second kappa shape index (κ2) is 12.0. The first kappa shape index (κ1) is 27.1. The van der Waals surface area contributed by atoms with E-state index < -0.39 is 24.9 Å². The minimum absolute atomic E-state index is 0. The molecule has 0 bridgehead atoms. The highest BCUT2D eigenvalue weighted by atomic mass is 35.5. The van der Waals surface area contributed by atoms with Gasteiger partial charge in [0.15, 0.2) is 0 Å². The highest BCUT2D eigenvalue weighted by Gasteiger charge is 2.43. The molecule has 1 unspecified atom stereocenters. The number of carbonyl (C=O) groups excluding carboxylic acids is 1. The van der Waals surface area contributed by atoms with Crippen LogP contribution in [0.15, 0.2) is 30.3 Å². The molecule has 10 heteroatoms. The summed E-state index contributed by atoms with van der Waals surface area (Å²) in [4.78, 5) is 18.5. The Hall–Kier alpha value is -0.860. The summed E-state index contributed by atoms with van der Waals surface area (Å²) in [5.74, 6) is -3.00. The maximum atomic E-state index is 13.2. The molecule has 0 spiro atoms. The Labute approximate surface area is 184 Å². The molecule has 2 heterocycles. The van der Waals surface area contributed by atoms with Gasteiger partial charge in [-0.25, -0.2) is 8.78 Å². The summed E-state index contributed by atoms with van der Waals surface area (Å²) in [6, 6.07) is 9.58. The van der Waals surface area contributed by atoms with E-state index in [-0.39, 0.29) is 43.1 Å². The molecule has 0 radical (unpaired) electrons. The first-order valence-electron chi connectivity index (χ1n) is 8.83. The van der Waals surface area contributed by atoms with Crippen molar-refractivity contribution in [2.45, 2.75) is 18.4 Å². The molecule has 1 aromatic carbocycles. The number of halogens is 5. The minimum Gasteiger partial charge on any atom is -0.369 e. The molecule has 1 atom stereocenters. The van der Waals surface area contributed by atoms with Crippen molar-refractivity contribution in [2.24, 2.45) is 0 Å². The number of rotatable bonds is 5. The number of hydrogen-bond acceptors (Lipinski definition) is 4. The van der Waals surface area contributed by atoms with Crippen LogP contribution < -0.4 is 10.2 Å². The SMILES string of the molecule is CN(CCN1CCN(c2ccccc2)CC1)C(=O)C1CC(F)(F)CN1.Cl.Cl.Cl. The number of amides is 1. The summed E-state index contributed by atoms with van der Waals surface area (Å²) in [5, 5.41) is 2.63. The Morgan fingerprint density at radius 2 is 1.75 bits per heavy atom. The lowest BCUT2D eigenvalue weighted by Crippen LogP contribution is -2.50. The molecule has 1 N–H and O–H groups in total. The van der Waals surface area contributed by atoms with Crippen molar-refractivity contribution < 1.29 is 13.6 Å². The summed E-state index contributed by atoms with van der Waals surface area (Å²) in [5.41, 5.74) is 1.24. The third-order valence-electron chi connectivity index (χ3n) is 5.03. The Balaban J connectivity index is 0.00000243. The zero-order valence-corrected chi connectivity index (χ0v) is 18.3. The maximum Gasteiger partial charge on any atom is 0.262 e. The summed E-state index contributed by atoms with van der Waals surface area (Å²) < 4.78 is 26.5. The molecule has 2 saturated heterocycles. The maximum absolute atomic E-state index is 13.2. The van der Waals surface area contributed by atoms with E-state index >= 15 is 0 Å². The van der Waals surface area contributed by atoms with Gasteiger partial charge in [-0.1, -0.05) is 18.2 Å². The van der Waals surface area contributed by atoms with E-state index in [9.17, 15) is 13.6 Å². The predicted octanol–water partition coefficient (Wildman–Crippen LogP) is 2.53. The van der Waals surface area contributed by atoms with Crippen LogP contribution in [-0.4, -0.2) is 80.5 Å². The van der Waals surface area contributed by atoms with Crippen LogP contribution in [0.3, 0.4) is 0 Å². The summed E-state index contributed by atoms with van der Waals surface area (Å²) in [6.07, 6.45) is -0.397. The molecule has 3 rings (SSSR count). The number of anilines is 1. The summed E-state index contributed by atoms with van der Waals surface area (Å²) >= 11 is 0. The first-order chi connectivity index (χ1) is 11.9. The van der Waals surface area contributed by atoms with Gasteiger partial charge in [-0.15, -0.1) is 37.2 Å². The average Bonchev–Trinajstić information content (AvgIpc) is 3.00. The zero-order chi connectivity index (χ0) is 17.9. The Kier molecular flexibility index (Phi) is 11.6. The largest absolute Gasteiger partial charge is 0.369 e. The molecule has 2 aliphatic rings. The van der Waals surface area contributed by atoms with Gasteiger partial charge < -0.3 is 9.80 Å². The van der Waals surface area contributed by atoms with Crippen LogP contribution in [0.1, 0.15) is 6.42 Å². The minimum atomic E-state index is -2.77. The number of carbonyl (C=O) groups is 1. The molecule has 0 saturated carbocycles. The number of hydrogen-bond donors (Lipinski definition) is 1. The molecule has 0 aromatic heterocycles. The standard InChI is InChI=1S/C18H26F2N4O.3ClH/c1-22(17(25)16-13-18(19,20)14-21-16)7-8-23-9-11-24(12-10-23)15-5-3-2-4-6-15;;;/h2-6,16,21H,7-14H2,1H3;3*1H. The van der Waals surface area contributed by atoms with E-state index in [1.807, 2.05) is 18.2 Å². The fourth-order valence-corrected chi connectivity index (χ4v) is 3.43. The molecule has 28 heavy (non-hydrogen) atoms. The van der Waals surface area contributed by atoms with Crippen molar-refractivity contribution in [3.63, 3.8) is 0 Å². The number of nitrogens with one attached hydrogen (secondary N) is 1. The average molecular weight is 462 g/mol. The molecule has 5 nitrogen and oxygen atoms in total. The number of nitrogens with zero attached hydrogens (tertiary/aromatic N) is 3. The van der Waals surface area contributed by atoms with E-state index in [2.05, 4.69) is 27.2 Å². The molecule has 1 amide bonds. The van der Waals surface area contributed by atoms with Gasteiger partial charge in [0.1, 0.15) is 0 Å². The Morgan fingerprint density at radius 3 is 2.29 bits per heavy atom. The van der Waals surface area contributed by atoms with Gasteiger partial charge in [-0.2, -0.15) is 0 Å². The smallest absolute Gasteiger partial charge is 0.262 e. The lowest BCUT2D eigenvalue weighted by molar-refractivity contribution is -0.132. The number of likely N-dealkylation sites (N-methyl/N-ethyl adjacent to an activating group) is 1. The predicted molar refractivity (Wildman–Crippen MR) is 116 cm³/mol. The van der Waals surface area contributed by atoms with E-state index in [0.717, 1.165) is 32.7 Å². The van der Waals surface area contributed by atoms with Gasteiger partial charge in [-0.3, -0.25) is 15.0 Å². The molecular weight excluding hydrogens is 433 g/mol. The normalized spacial score (nSPS) is 21.1. The van der Waals surface area contributed by atoms with Gasteiger partial charge in [0.05, 0.1) is 12.6 Å². The molecule has 1 aromatic rings. The second-order valence-corrected chi connectivity index (χ2v) is 6.92. The van der Waals surface area contributed by atoms with Crippen molar-refractivity contribution in [3.8, 4) is 0 Å². The van der Waals surface area contributed by atoms with Crippen molar-refractivity contribution in [1.82, 2.24) is 15.1 Å². The van der Waals surface area contributed by atoms with E-state index in [1.54, 1.807) is 11.9 Å². The lowest BCUT2D eigenvalue weighted by atomic mass is 10.1. The highest BCUT2D eigenvalue weighted by Crippen LogP contribution is 2.25. The van der Waals surface area contributed by atoms with Crippen LogP contribution in [0, 0.1) is 0 Å². The number of alkyl halides is 2. The van der Waals surface area contributed by atoms with Gasteiger partial charge >= 0.3 is 0 Å². The molecular formula is C18H29Cl3F2N4O. The van der Waals surface area contributed by atoms with Crippen LogP contribution >= 0.6 is 37.2 Å². The van der Waals surface area contributed by atoms with Crippen LogP contribution in [0.2, 0.25) is 0 Å². The van der Waals surface area contributed by atoms with Gasteiger partial charge in [0, 0.05) is 58.4 Å². The summed E-state index contributed by atoms with van der Waals surface area (Å²) in [7, 11) is 1.70. The van der Waals surface area contributed by atoms with Crippen LogP contribution in [-0.2, 0) is 4.79 Å². The Bertz CT molecular complexity index is 589. The van der Waals surface area contributed by atoms with E-state index in [1.165, 1.54) is 5.69 Å². The fourth-order valence-electron chi connectivity index (χ4n) is 3.43. The fraction of sp³-hybridized carbons (Fsp3) is 0.611. The van der Waals surface area contributed by atoms with Crippen LogP contribution in [0.25, 0.3) is 0 Å². The molecule has 2 fully saturated rings. The molecule has 2 aliphatic heterocycles. The van der Waals surface area contributed by atoms with Gasteiger partial charge in [-0.05, 0) is 12.1 Å². The van der Waals surface area contributed by atoms with Crippen molar-refractivity contribution in [1.29, 1.82) is 0 Å². The van der Waals surface area contributed by atoms with Crippen molar-refractivity contribution >= 4 is 48.8 Å². The van der Waals surface area contributed by atoms with E-state index in [0.29, 0.717) is 6.54 Å². The molecule has 162 valence electrons. The van der Waals surface area contributed by atoms with E-state index in [4.69, 9.17) is 0 Å². The Morgan fingerprint density at radius 1 is 1.14 bits per heavy atom. The van der Waals surface area contributed by atoms with Gasteiger partial charge in [0.25, 0.3) is 5.92 Å². The third-order valence-corrected chi connectivity index (χ3v) is 5.03. The quantitative estimate of drug-likeness (QED) is 0.731. The van der Waals surface area contributed by atoms with Crippen LogP contribution in [0.5, 0.6) is 0 Å². The monoisotopic (exact) mass is 460 g/mol.